The van der Waals surface area contributed by atoms with Crippen LogP contribution >= 0.6 is 22.6 Å². The summed E-state index contributed by atoms with van der Waals surface area (Å²) < 4.78 is 18.7. The third-order valence-corrected chi connectivity index (χ3v) is 36.9. The van der Waals surface area contributed by atoms with Crippen LogP contribution in [0.2, 0.25) is 0 Å². The number of nitrogens with one attached hydrogen (secondary N) is 1. The molecule has 0 saturated carbocycles. The number of hydrogen-bond acceptors (Lipinski definition) is 9. The van der Waals surface area contributed by atoms with Crippen molar-refractivity contribution in [2.45, 2.75) is 6.42 Å². The maximum atomic E-state index is 12.8. The Kier molecular flexibility index (Phi) is 25.0. The van der Waals surface area contributed by atoms with Crippen LogP contribution in [0.5, 0.6) is 0 Å². The molecule has 0 spiro atoms. The van der Waals surface area contributed by atoms with Crippen molar-refractivity contribution in [3.05, 3.63) is 362 Å². The molecule has 6 aliphatic rings. The Morgan fingerprint density at radius 2 is 0.664 bits per heavy atom. The zero-order valence-electron chi connectivity index (χ0n) is 56.5. The molecule has 0 fully saturated rings. The molecule has 0 unspecified atom stereocenters. The van der Waals surface area contributed by atoms with E-state index in [0.717, 1.165) is 15.2 Å². The molecule has 0 saturated heterocycles. The fraction of sp³-hybridized carbons (Fsp3) is 0.0114. The molecule has 21 rings (SSSR count). The number of Topliss-reactive ketones (excluding diaryl/α,β-unsaturated/α-hetero) is 4. The molecule has 0 bridgehead atoms. The van der Waals surface area contributed by atoms with Crippen molar-refractivity contribution in [1.29, 1.82) is 0 Å². The molecule has 0 atom stereocenters. The van der Waals surface area contributed by atoms with Gasteiger partial charge in [-0.1, -0.05) is 24.3 Å². The Labute approximate surface area is 689 Å². The number of para-hydroxylation sites is 8. The molecule has 5 aromatic heterocycles. The first-order chi connectivity index (χ1) is 52.6. The van der Waals surface area contributed by atoms with Gasteiger partial charge in [-0.05, 0) is 0 Å². The van der Waals surface area contributed by atoms with Crippen LogP contribution < -0.4 is 55.7 Å². The van der Waals surface area contributed by atoms with E-state index in [1.807, 2.05) is 6.07 Å². The van der Waals surface area contributed by atoms with Gasteiger partial charge in [0.15, 0.2) is 11.6 Å². The van der Waals surface area contributed by atoms with Crippen LogP contribution in [0.15, 0.2) is 329 Å². The van der Waals surface area contributed by atoms with Gasteiger partial charge >= 0.3 is 635 Å². The van der Waals surface area contributed by atoms with Gasteiger partial charge < -0.3 is 0 Å². The van der Waals surface area contributed by atoms with Crippen LogP contribution in [-0.2, 0) is 0 Å². The third kappa shape index (κ3) is 17.3. The van der Waals surface area contributed by atoms with Crippen LogP contribution in [0.4, 0.5) is 59.2 Å². The first kappa shape index (κ1) is 74.7. The molecule has 19 heteroatoms. The number of halogens is 1. The van der Waals surface area contributed by atoms with Gasteiger partial charge in [0.25, 0.3) is 0 Å². The molecular formula is C88H59IN4O5Se9. The molecule has 0 amide bonds. The van der Waals surface area contributed by atoms with Crippen molar-refractivity contribution >= 4 is 285 Å². The van der Waals surface area contributed by atoms with Crippen molar-refractivity contribution < 1.29 is 24.0 Å². The topological polar surface area (TPSA) is 107 Å². The Morgan fingerprint density at radius 3 is 1.02 bits per heavy atom. The van der Waals surface area contributed by atoms with Gasteiger partial charge in [0.05, 0.1) is 6.42 Å². The molecule has 522 valence electrons. The Bertz CT molecular complexity index is 5440. The molecule has 0 radical (unpaired) electrons. The number of ketones is 4. The van der Waals surface area contributed by atoms with E-state index in [4.69, 9.17) is 0 Å². The quantitative estimate of drug-likeness (QED) is 0.0450. The maximum absolute atomic E-state index is 12.8. The monoisotopic (exact) mass is 2100 g/mol. The molecule has 107 heavy (non-hydrogen) atoms. The molecular weight excluding hydrogens is 2030 g/mol. The van der Waals surface area contributed by atoms with E-state index in [9.17, 15) is 24.0 Å². The molecule has 15 aromatic rings. The second-order valence-electron chi connectivity index (χ2n) is 23.8. The zero-order valence-corrected chi connectivity index (χ0v) is 74.0. The van der Waals surface area contributed by atoms with Gasteiger partial charge in [-0.25, -0.2) is 0 Å². The van der Waals surface area contributed by atoms with Crippen LogP contribution in [-0.4, -0.2) is 162 Å². The summed E-state index contributed by atoms with van der Waals surface area (Å²) in [4.78, 5) is 74.7. The summed E-state index contributed by atoms with van der Waals surface area (Å²) in [6.45, 7) is 0. The van der Waals surface area contributed by atoms with Crippen molar-refractivity contribution in [3.8, 4) is 0 Å². The van der Waals surface area contributed by atoms with E-state index in [1.165, 1.54) is 97.3 Å². The Balaban J connectivity index is 0.000000106. The molecule has 9 heterocycles. The van der Waals surface area contributed by atoms with E-state index >= 15 is 0 Å². The van der Waals surface area contributed by atoms with Crippen LogP contribution in [0.1, 0.15) is 61.5 Å². The van der Waals surface area contributed by atoms with Crippen molar-refractivity contribution in [3.63, 3.8) is 0 Å². The van der Waals surface area contributed by atoms with Gasteiger partial charge in [0.2, 0.25) is 0 Å². The van der Waals surface area contributed by atoms with Gasteiger partial charge in [-0.3, -0.25) is 9.59 Å². The number of hydrogen-bond donors (Lipinski definition) is 1. The second kappa shape index (κ2) is 35.8. The normalized spacial score (nSPS) is 13.0. The summed E-state index contributed by atoms with van der Waals surface area (Å²) in [5.74, 6) is -0.430. The average Bonchev–Trinajstić information content (AvgIpc) is 1.72. The van der Waals surface area contributed by atoms with Gasteiger partial charge in [-0.2, -0.15) is 0 Å². The van der Waals surface area contributed by atoms with E-state index in [0.29, 0.717) is 111 Å². The van der Waals surface area contributed by atoms with Crippen molar-refractivity contribution in [2.75, 3.05) is 20.0 Å². The van der Waals surface area contributed by atoms with Gasteiger partial charge in [0.1, 0.15) is 0 Å². The summed E-state index contributed by atoms with van der Waals surface area (Å²) in [6, 6.07) is 104. The number of carbonyl (C=O) groups is 5. The number of nitrogens with zero attached hydrogens (tertiary/aromatic N) is 3. The van der Waals surface area contributed by atoms with Crippen LogP contribution in [0.25, 0.3) is 6.08 Å². The number of carbonyl (C=O) groups excluding carboxylic acids is 5. The van der Waals surface area contributed by atoms with E-state index in [2.05, 4.69) is 311 Å². The van der Waals surface area contributed by atoms with Crippen molar-refractivity contribution in [2.24, 2.45) is 0 Å². The van der Waals surface area contributed by atoms with Gasteiger partial charge in [-0.15, -0.1) is 0 Å². The van der Waals surface area contributed by atoms with E-state index in [-0.39, 0.29) is 79.1 Å². The zero-order chi connectivity index (χ0) is 73.0. The van der Waals surface area contributed by atoms with Crippen LogP contribution in [0.3, 0.4) is 0 Å². The first-order valence-corrected chi connectivity index (χ1v) is 50.7. The molecule has 9 nitrogen and oxygen atoms in total. The number of aldehydes is 1. The number of allylic oxidation sites excluding steroid dienone is 1. The predicted octanol–water partition coefficient (Wildman–Crippen LogP) is 12.8. The fourth-order valence-corrected chi connectivity index (χ4v) is 29.2. The summed E-state index contributed by atoms with van der Waals surface area (Å²) in [5.41, 5.74) is 12.8. The summed E-state index contributed by atoms with van der Waals surface area (Å²) >= 11 is 5.79. The summed E-state index contributed by atoms with van der Waals surface area (Å²) in [7, 11) is 0. The average molecular weight is 2090 g/mol. The standard InChI is InChI=1S/C26H15NO2Se2.C17H11NOSe2.C16H11NSe2.C12H9NSe.C9H6O2.C4H3ISe.C4H4Se/c28-25-17-7-1-2-8-18(17)26(29)19(25)15-16-13-14-24(30-16)27-20-9-3-5-11-22(20)31-23-12-6-4-10-21(23)27;19-11-12-9-10-17(20-12)18-13-5-1-3-7-15(13)21-16-8-4-2-6-14(16)18;1-3-8-14-12(6-1)17(16-10-5-11-18-16)13-7-2-4-9-15(13)19-14;1-3-7-11-9(5-1)13-10-6-2-4-8-12(10)14-11;10-8-5-9(11)7-4-2-1-3-6(7)8;5-4-2-1-3-6-4;1-2-4-5-3-1/h1-15H;1-11H;1-11H;1-8,13H;1-4H,5H2;1-3H;1-4H. The summed E-state index contributed by atoms with van der Waals surface area (Å²) in [5, 5.41) is 3.46. The van der Waals surface area contributed by atoms with Gasteiger partial charge in [0, 0.05) is 11.1 Å². The number of anilines is 11. The predicted molar refractivity (Wildman–Crippen MR) is 458 cm³/mol. The van der Waals surface area contributed by atoms with Crippen LogP contribution in [0, 0.1) is 2.44 Å². The molecule has 1 N–H and O–H groups in total. The Morgan fingerprint density at radius 1 is 0.318 bits per heavy atom. The number of rotatable bonds is 5. The fourth-order valence-electron chi connectivity index (χ4n) is 12.2. The number of benzene rings is 10. The second-order valence-corrected chi connectivity index (χ2v) is 45.9. The number of fused-ring (bicyclic) bond motifs is 10. The summed E-state index contributed by atoms with van der Waals surface area (Å²) in [6.07, 6.45) is 2.84. The third-order valence-electron chi connectivity index (χ3n) is 17.0. The molecule has 2 aliphatic carbocycles. The SMILES string of the molecule is Ic1ccc[se]1.O=C1C(=Cc2ccc(N3c4ccccc4[Se]c4ccccc43)[se]2)C(=O)c2ccccc21.O=C1CC(=O)c2ccccc21.O=Cc1ccc(N2c3ccccc3[Se]c3ccccc32)[se]1.c1c[se]c(N2c3ccccc3[Se]c3ccccc32)c1.c1cc[se]c1.c1ccc2c(c1)Nc1ccccc1[Se]2. The van der Waals surface area contributed by atoms with E-state index < -0.39 is 0 Å². The first-order valence-electron chi connectivity index (χ1n) is 33.6. The molecule has 4 aliphatic heterocycles. The molecule has 10 aromatic carbocycles. The van der Waals surface area contributed by atoms with E-state index in [1.54, 1.807) is 54.6 Å². The van der Waals surface area contributed by atoms with Crippen molar-refractivity contribution in [1.82, 2.24) is 0 Å². The minimum absolute atomic E-state index is 0.00705. The Hall–Kier alpha value is -7.70. The minimum atomic E-state index is -0.165.